The monoisotopic (exact) mass is 594 g/mol. The zero-order valence-electron chi connectivity index (χ0n) is 23.5. The molecule has 222 valence electrons. The number of rotatable bonds is 12. The van der Waals surface area contributed by atoms with E-state index in [1.54, 1.807) is 49.4 Å². The number of nitro groups is 1. The minimum Gasteiger partial charge on any atom is -0.497 e. The largest absolute Gasteiger partial charge is 0.497 e. The van der Waals surface area contributed by atoms with Crippen molar-refractivity contribution in [1.29, 1.82) is 0 Å². The molecule has 1 fully saturated rings. The number of ether oxygens (including phenoxy) is 1. The lowest BCUT2D eigenvalue weighted by molar-refractivity contribution is -0.384. The van der Waals surface area contributed by atoms with Crippen molar-refractivity contribution in [2.24, 2.45) is 0 Å². The number of nitrogens with zero attached hydrogens (tertiary/aromatic N) is 3. The van der Waals surface area contributed by atoms with E-state index in [2.05, 4.69) is 5.32 Å². The van der Waals surface area contributed by atoms with Gasteiger partial charge >= 0.3 is 0 Å². The van der Waals surface area contributed by atoms with Crippen LogP contribution in [0.4, 0.5) is 11.4 Å². The summed E-state index contributed by atoms with van der Waals surface area (Å²) in [6.45, 7) is 0.999. The first kappa shape index (κ1) is 30.5. The van der Waals surface area contributed by atoms with Gasteiger partial charge in [-0.2, -0.15) is 0 Å². The summed E-state index contributed by atoms with van der Waals surface area (Å²) in [7, 11) is -2.74. The number of amides is 2. The van der Waals surface area contributed by atoms with Crippen LogP contribution in [0.25, 0.3) is 0 Å². The molecule has 0 unspecified atom stereocenters. The zero-order valence-corrected chi connectivity index (χ0v) is 24.3. The van der Waals surface area contributed by atoms with Crippen molar-refractivity contribution < 1.29 is 27.7 Å². The van der Waals surface area contributed by atoms with Crippen molar-refractivity contribution in [1.82, 2.24) is 10.2 Å². The summed E-state index contributed by atoms with van der Waals surface area (Å²) < 4.78 is 33.9. The number of hydrogen-bond acceptors (Lipinski definition) is 7. The Kier molecular flexibility index (Phi) is 9.79. The fourth-order valence-corrected chi connectivity index (χ4v) is 6.37. The number of nitrogens with one attached hydrogen (secondary N) is 1. The van der Waals surface area contributed by atoms with Crippen LogP contribution in [0.5, 0.6) is 5.75 Å². The average Bonchev–Trinajstić information content (AvgIpc) is 3.51. The van der Waals surface area contributed by atoms with Gasteiger partial charge in [-0.15, -0.1) is 0 Å². The number of benzene rings is 3. The van der Waals surface area contributed by atoms with E-state index in [0.29, 0.717) is 11.3 Å². The van der Waals surface area contributed by atoms with Gasteiger partial charge in [-0.05, 0) is 61.7 Å². The number of carbonyl (C=O) groups excluding carboxylic acids is 2. The van der Waals surface area contributed by atoms with Crippen LogP contribution >= 0.6 is 0 Å². The van der Waals surface area contributed by atoms with Gasteiger partial charge in [-0.25, -0.2) is 8.42 Å². The van der Waals surface area contributed by atoms with Crippen molar-refractivity contribution in [3.63, 3.8) is 0 Å². The lowest BCUT2D eigenvalue weighted by atomic mass is 10.1. The van der Waals surface area contributed by atoms with E-state index in [1.165, 1.54) is 48.4 Å². The highest BCUT2D eigenvalue weighted by Crippen LogP contribution is 2.27. The lowest BCUT2D eigenvalue weighted by Crippen LogP contribution is -2.52. The van der Waals surface area contributed by atoms with Crippen LogP contribution in [0.3, 0.4) is 0 Å². The van der Waals surface area contributed by atoms with E-state index in [4.69, 9.17) is 4.74 Å². The van der Waals surface area contributed by atoms with E-state index in [1.807, 2.05) is 0 Å². The first-order valence-corrected chi connectivity index (χ1v) is 15.1. The number of non-ortho nitro benzene ring substituents is 1. The third-order valence-electron chi connectivity index (χ3n) is 7.31. The first-order chi connectivity index (χ1) is 20.1. The van der Waals surface area contributed by atoms with Crippen LogP contribution in [-0.4, -0.2) is 55.8 Å². The summed E-state index contributed by atoms with van der Waals surface area (Å²) in [6, 6.07) is 18.7. The van der Waals surface area contributed by atoms with Gasteiger partial charge in [-0.3, -0.25) is 24.0 Å². The van der Waals surface area contributed by atoms with Gasteiger partial charge in [0.05, 0.1) is 22.6 Å². The summed E-state index contributed by atoms with van der Waals surface area (Å²) in [5, 5.41) is 14.2. The van der Waals surface area contributed by atoms with E-state index in [-0.39, 0.29) is 34.8 Å². The van der Waals surface area contributed by atoms with Crippen molar-refractivity contribution in [3.05, 3.63) is 94.5 Å². The SMILES string of the molecule is COc1cccc(CN(C(=O)CN(c2ccc([N+](=O)[O-])cc2)S(=O)(=O)c2ccccc2)[C@H](C)C(=O)NC2CCCC2)c1. The Hall–Kier alpha value is -4.45. The Bertz CT molecular complexity index is 1510. The molecule has 0 radical (unpaired) electrons. The van der Waals surface area contributed by atoms with Crippen LogP contribution in [0.15, 0.2) is 83.8 Å². The molecule has 1 aliphatic rings. The van der Waals surface area contributed by atoms with E-state index in [9.17, 15) is 28.1 Å². The third-order valence-corrected chi connectivity index (χ3v) is 9.10. The Morgan fingerprint density at radius 1 is 1.02 bits per heavy atom. The maximum atomic E-state index is 14.0. The summed E-state index contributed by atoms with van der Waals surface area (Å²) >= 11 is 0. The summed E-state index contributed by atoms with van der Waals surface area (Å²) in [4.78, 5) is 39.2. The fourth-order valence-electron chi connectivity index (χ4n) is 4.93. The second-order valence-electron chi connectivity index (χ2n) is 10.1. The van der Waals surface area contributed by atoms with Crippen LogP contribution in [-0.2, 0) is 26.2 Å². The van der Waals surface area contributed by atoms with Crippen LogP contribution in [0.2, 0.25) is 0 Å². The van der Waals surface area contributed by atoms with Gasteiger partial charge in [0, 0.05) is 24.7 Å². The molecule has 0 aromatic heterocycles. The van der Waals surface area contributed by atoms with Crippen molar-refractivity contribution in [3.8, 4) is 5.75 Å². The second-order valence-corrected chi connectivity index (χ2v) is 12.0. The summed E-state index contributed by atoms with van der Waals surface area (Å²) in [6.07, 6.45) is 3.78. The summed E-state index contributed by atoms with van der Waals surface area (Å²) in [5.41, 5.74) is 0.539. The Balaban J connectivity index is 1.70. The predicted molar refractivity (Wildman–Crippen MR) is 157 cm³/mol. The molecular formula is C30H34N4O7S. The van der Waals surface area contributed by atoms with Gasteiger partial charge in [0.2, 0.25) is 11.8 Å². The Morgan fingerprint density at radius 3 is 2.31 bits per heavy atom. The quantitative estimate of drug-likeness (QED) is 0.244. The molecule has 0 spiro atoms. The lowest BCUT2D eigenvalue weighted by Gasteiger charge is -2.32. The maximum absolute atomic E-state index is 14.0. The molecule has 1 N–H and O–H groups in total. The molecule has 1 atom stereocenters. The number of sulfonamides is 1. The highest BCUT2D eigenvalue weighted by molar-refractivity contribution is 7.92. The molecule has 0 bridgehead atoms. The topological polar surface area (TPSA) is 139 Å². The molecule has 2 amide bonds. The number of hydrogen-bond donors (Lipinski definition) is 1. The zero-order chi connectivity index (χ0) is 30.3. The molecule has 0 aliphatic heterocycles. The van der Waals surface area contributed by atoms with Crippen molar-refractivity contribution >= 4 is 33.2 Å². The van der Waals surface area contributed by atoms with Crippen molar-refractivity contribution in [2.45, 2.75) is 56.1 Å². The molecule has 1 saturated carbocycles. The Labute approximate surface area is 245 Å². The molecule has 0 heterocycles. The van der Waals surface area contributed by atoms with E-state index < -0.39 is 33.4 Å². The second kappa shape index (κ2) is 13.5. The average molecular weight is 595 g/mol. The molecule has 0 saturated heterocycles. The van der Waals surface area contributed by atoms with E-state index in [0.717, 1.165) is 30.0 Å². The van der Waals surface area contributed by atoms with E-state index >= 15 is 0 Å². The maximum Gasteiger partial charge on any atom is 0.269 e. The minimum absolute atomic E-state index is 0.0226. The fraction of sp³-hybridized carbons (Fsp3) is 0.333. The third kappa shape index (κ3) is 7.24. The number of methoxy groups -OCH3 is 1. The number of nitro benzene ring substituents is 1. The van der Waals surface area contributed by atoms with Gasteiger partial charge in [0.25, 0.3) is 15.7 Å². The molecule has 3 aromatic carbocycles. The predicted octanol–water partition coefficient (Wildman–Crippen LogP) is 4.27. The molecule has 3 aromatic rings. The number of anilines is 1. The van der Waals surface area contributed by atoms with Crippen LogP contribution < -0.4 is 14.4 Å². The molecule has 1 aliphatic carbocycles. The number of carbonyl (C=O) groups is 2. The Morgan fingerprint density at radius 2 is 1.69 bits per heavy atom. The van der Waals surface area contributed by atoms with Crippen molar-refractivity contribution in [2.75, 3.05) is 18.0 Å². The minimum atomic E-state index is -4.27. The molecule has 12 heteroatoms. The highest BCUT2D eigenvalue weighted by Gasteiger charge is 2.33. The highest BCUT2D eigenvalue weighted by atomic mass is 32.2. The van der Waals surface area contributed by atoms with Gasteiger partial charge in [0.15, 0.2) is 0 Å². The van der Waals surface area contributed by atoms with Crippen LogP contribution in [0.1, 0.15) is 38.2 Å². The molecule has 4 rings (SSSR count). The molecule has 11 nitrogen and oxygen atoms in total. The summed E-state index contributed by atoms with van der Waals surface area (Å²) in [5.74, 6) is -0.377. The standard InChI is InChI=1S/C30H34N4O7S/c1-22(30(36)31-24-10-6-7-11-24)32(20-23-9-8-12-27(19-23)41-2)29(35)21-33(25-15-17-26(18-16-25)34(37)38)42(39,40)28-13-4-3-5-14-28/h3-5,8-9,12-19,22,24H,6-7,10-11,20-21H2,1-2H3,(H,31,36)/t22-/m1/s1. The molecular weight excluding hydrogens is 560 g/mol. The van der Waals surface area contributed by atoms with Gasteiger partial charge < -0.3 is 15.0 Å². The van der Waals surface area contributed by atoms with Gasteiger partial charge in [-0.1, -0.05) is 43.2 Å². The smallest absolute Gasteiger partial charge is 0.269 e. The molecule has 42 heavy (non-hydrogen) atoms. The first-order valence-electron chi connectivity index (χ1n) is 13.6. The normalized spacial score (nSPS) is 14.1. The van der Waals surface area contributed by atoms with Crippen LogP contribution in [0, 0.1) is 10.1 Å². The van der Waals surface area contributed by atoms with Gasteiger partial charge in [0.1, 0.15) is 18.3 Å².